The Hall–Kier alpha value is -2.61. The maximum absolute atomic E-state index is 12.9. The standard InChI is InChI=1S/C22H27N5O2S/c1-14(2)21-23-15(3)12-19(25-21)26-8-10-27(11-9-26)20(28)13-18-22(29)24-16-6-4-5-7-17(16)30-18/h4-7,12,14,18H,8-11,13H2,1-3H3,(H,24,29)/t18-/m0/s1. The molecule has 1 aromatic carbocycles. The van der Waals surface area contributed by atoms with Gasteiger partial charge in [0.15, 0.2) is 0 Å². The van der Waals surface area contributed by atoms with Crippen molar-refractivity contribution in [3.05, 3.63) is 41.9 Å². The second kappa shape index (κ2) is 8.63. The van der Waals surface area contributed by atoms with Crippen molar-refractivity contribution in [2.45, 2.75) is 43.3 Å². The normalized spacial score (nSPS) is 18.9. The van der Waals surface area contributed by atoms with Crippen LogP contribution in [0.5, 0.6) is 0 Å². The molecule has 8 heteroatoms. The molecule has 1 aromatic heterocycles. The number of piperazine rings is 1. The number of hydrogen-bond acceptors (Lipinski definition) is 6. The minimum absolute atomic E-state index is 0.0309. The average Bonchev–Trinajstić information content (AvgIpc) is 2.74. The SMILES string of the molecule is Cc1cc(N2CCN(C(=O)C[C@@H]3Sc4ccccc4NC3=O)CC2)nc(C(C)C)n1. The van der Waals surface area contributed by atoms with Gasteiger partial charge in [-0.15, -0.1) is 11.8 Å². The lowest BCUT2D eigenvalue weighted by molar-refractivity contribution is -0.132. The van der Waals surface area contributed by atoms with Crippen LogP contribution in [0.3, 0.4) is 0 Å². The monoisotopic (exact) mass is 425 g/mol. The highest BCUT2D eigenvalue weighted by Crippen LogP contribution is 2.36. The highest BCUT2D eigenvalue weighted by Gasteiger charge is 2.31. The van der Waals surface area contributed by atoms with E-state index in [-0.39, 0.29) is 29.4 Å². The van der Waals surface area contributed by atoms with Gasteiger partial charge in [-0.05, 0) is 19.1 Å². The van der Waals surface area contributed by atoms with Crippen LogP contribution >= 0.6 is 11.8 Å². The third kappa shape index (κ3) is 4.43. The molecule has 2 aromatic rings. The fourth-order valence-electron chi connectivity index (χ4n) is 3.69. The molecular weight excluding hydrogens is 398 g/mol. The predicted molar refractivity (Wildman–Crippen MR) is 119 cm³/mol. The number of aryl methyl sites for hydroxylation is 1. The zero-order chi connectivity index (χ0) is 21.3. The van der Waals surface area contributed by atoms with Gasteiger partial charge in [-0.1, -0.05) is 26.0 Å². The Morgan fingerprint density at radius 1 is 1.20 bits per heavy atom. The van der Waals surface area contributed by atoms with Gasteiger partial charge in [0.25, 0.3) is 0 Å². The van der Waals surface area contributed by atoms with Gasteiger partial charge < -0.3 is 15.1 Å². The van der Waals surface area contributed by atoms with E-state index in [4.69, 9.17) is 4.98 Å². The number of para-hydroxylation sites is 1. The van der Waals surface area contributed by atoms with E-state index in [1.165, 1.54) is 11.8 Å². The van der Waals surface area contributed by atoms with E-state index >= 15 is 0 Å². The first-order valence-electron chi connectivity index (χ1n) is 10.4. The van der Waals surface area contributed by atoms with Crippen LogP contribution in [-0.2, 0) is 9.59 Å². The molecule has 3 heterocycles. The van der Waals surface area contributed by atoms with Gasteiger partial charge >= 0.3 is 0 Å². The lowest BCUT2D eigenvalue weighted by Crippen LogP contribution is -2.50. The number of anilines is 2. The van der Waals surface area contributed by atoms with Crippen LogP contribution in [0.4, 0.5) is 11.5 Å². The van der Waals surface area contributed by atoms with Crippen molar-refractivity contribution in [3.8, 4) is 0 Å². The molecule has 1 fully saturated rings. The second-order valence-corrected chi connectivity index (χ2v) is 9.29. The molecule has 0 aliphatic carbocycles. The fourth-order valence-corrected chi connectivity index (χ4v) is 4.80. The van der Waals surface area contributed by atoms with Crippen molar-refractivity contribution in [3.63, 3.8) is 0 Å². The summed E-state index contributed by atoms with van der Waals surface area (Å²) < 4.78 is 0. The Kier molecular flexibility index (Phi) is 5.94. The highest BCUT2D eigenvalue weighted by molar-refractivity contribution is 8.01. The van der Waals surface area contributed by atoms with E-state index < -0.39 is 0 Å². The van der Waals surface area contributed by atoms with Crippen molar-refractivity contribution < 1.29 is 9.59 Å². The summed E-state index contributed by atoms with van der Waals surface area (Å²) in [6, 6.07) is 9.71. The number of carbonyl (C=O) groups is 2. The van der Waals surface area contributed by atoms with Gasteiger partial charge in [0.2, 0.25) is 11.8 Å². The van der Waals surface area contributed by atoms with Crippen LogP contribution in [0.25, 0.3) is 0 Å². The summed E-state index contributed by atoms with van der Waals surface area (Å²) in [5.41, 5.74) is 1.79. The Labute approximate surface area is 181 Å². The first-order chi connectivity index (χ1) is 14.4. The quantitative estimate of drug-likeness (QED) is 0.811. The van der Waals surface area contributed by atoms with E-state index in [9.17, 15) is 9.59 Å². The van der Waals surface area contributed by atoms with E-state index in [0.717, 1.165) is 41.0 Å². The number of nitrogens with one attached hydrogen (secondary N) is 1. The number of fused-ring (bicyclic) bond motifs is 1. The average molecular weight is 426 g/mol. The predicted octanol–water partition coefficient (Wildman–Crippen LogP) is 3.06. The van der Waals surface area contributed by atoms with E-state index in [1.54, 1.807) is 0 Å². The number of aromatic nitrogens is 2. The smallest absolute Gasteiger partial charge is 0.238 e. The van der Waals surface area contributed by atoms with Crippen LogP contribution in [-0.4, -0.2) is 58.1 Å². The molecule has 0 bridgehead atoms. The van der Waals surface area contributed by atoms with Crippen LogP contribution in [0.15, 0.2) is 35.2 Å². The van der Waals surface area contributed by atoms with Crippen LogP contribution < -0.4 is 10.2 Å². The molecule has 158 valence electrons. The van der Waals surface area contributed by atoms with Crippen LogP contribution in [0.2, 0.25) is 0 Å². The minimum atomic E-state index is -0.386. The van der Waals surface area contributed by atoms with Gasteiger partial charge in [0.05, 0.1) is 10.9 Å². The summed E-state index contributed by atoms with van der Waals surface area (Å²) in [5.74, 6) is 1.99. The Bertz CT molecular complexity index is 956. The van der Waals surface area contributed by atoms with Crippen molar-refractivity contribution in [1.29, 1.82) is 0 Å². The molecule has 7 nitrogen and oxygen atoms in total. The molecule has 0 spiro atoms. The molecule has 1 atom stereocenters. The number of benzene rings is 1. The van der Waals surface area contributed by atoms with E-state index in [2.05, 4.69) is 29.0 Å². The van der Waals surface area contributed by atoms with Crippen molar-refractivity contribution in [2.75, 3.05) is 36.4 Å². The third-order valence-electron chi connectivity index (χ3n) is 5.40. The molecule has 2 aliphatic heterocycles. The summed E-state index contributed by atoms with van der Waals surface area (Å²) in [6.45, 7) is 8.89. The fraction of sp³-hybridized carbons (Fsp3) is 0.455. The first kappa shape index (κ1) is 20.7. The van der Waals surface area contributed by atoms with Gasteiger partial charge in [0.1, 0.15) is 11.6 Å². The molecule has 2 aliphatic rings. The highest BCUT2D eigenvalue weighted by atomic mass is 32.2. The molecule has 0 radical (unpaired) electrons. The van der Waals surface area contributed by atoms with Crippen molar-refractivity contribution in [1.82, 2.24) is 14.9 Å². The lowest BCUT2D eigenvalue weighted by Gasteiger charge is -2.36. The largest absolute Gasteiger partial charge is 0.353 e. The van der Waals surface area contributed by atoms with Crippen molar-refractivity contribution in [2.24, 2.45) is 0 Å². The Balaban J connectivity index is 1.35. The summed E-state index contributed by atoms with van der Waals surface area (Å²) in [7, 11) is 0. The van der Waals surface area contributed by atoms with Gasteiger partial charge in [0, 0.05) is 55.2 Å². The zero-order valence-corrected chi connectivity index (χ0v) is 18.4. The zero-order valence-electron chi connectivity index (χ0n) is 17.6. The summed E-state index contributed by atoms with van der Waals surface area (Å²) in [5, 5.41) is 2.53. The van der Waals surface area contributed by atoms with Crippen LogP contribution in [0.1, 0.15) is 37.7 Å². The maximum atomic E-state index is 12.9. The first-order valence-corrected chi connectivity index (χ1v) is 11.2. The maximum Gasteiger partial charge on any atom is 0.238 e. The summed E-state index contributed by atoms with van der Waals surface area (Å²) >= 11 is 1.47. The van der Waals surface area contributed by atoms with Crippen LogP contribution in [0, 0.1) is 6.92 Å². The second-order valence-electron chi connectivity index (χ2n) is 8.04. The van der Waals surface area contributed by atoms with Gasteiger partial charge in [-0.25, -0.2) is 9.97 Å². The number of carbonyl (C=O) groups excluding carboxylic acids is 2. The number of amides is 2. The van der Waals surface area contributed by atoms with Crippen molar-refractivity contribution >= 4 is 35.1 Å². The molecule has 1 N–H and O–H groups in total. The Morgan fingerprint density at radius 3 is 2.67 bits per heavy atom. The number of rotatable bonds is 4. The minimum Gasteiger partial charge on any atom is -0.353 e. The molecule has 0 saturated carbocycles. The number of thioether (sulfide) groups is 1. The van der Waals surface area contributed by atoms with Gasteiger partial charge in [-0.3, -0.25) is 9.59 Å². The molecule has 1 saturated heterocycles. The molecule has 4 rings (SSSR count). The molecule has 30 heavy (non-hydrogen) atoms. The van der Waals surface area contributed by atoms with E-state index in [1.807, 2.05) is 42.2 Å². The number of nitrogens with zero attached hydrogens (tertiary/aromatic N) is 4. The molecular formula is C22H27N5O2S. The molecule has 2 amide bonds. The molecule has 0 unspecified atom stereocenters. The lowest BCUT2D eigenvalue weighted by atomic mass is 10.2. The van der Waals surface area contributed by atoms with Gasteiger partial charge in [-0.2, -0.15) is 0 Å². The number of hydrogen-bond donors (Lipinski definition) is 1. The summed E-state index contributed by atoms with van der Waals surface area (Å²) in [4.78, 5) is 39.6. The van der Waals surface area contributed by atoms with E-state index in [0.29, 0.717) is 13.1 Å². The third-order valence-corrected chi connectivity index (χ3v) is 6.67. The summed E-state index contributed by atoms with van der Waals surface area (Å²) in [6.07, 6.45) is 0.217. The topological polar surface area (TPSA) is 78.4 Å². The Morgan fingerprint density at radius 2 is 1.93 bits per heavy atom.